The van der Waals surface area contributed by atoms with E-state index in [0.29, 0.717) is 28.6 Å². The largest absolute Gasteiger partial charge is 0.454 e. The Bertz CT molecular complexity index is 760. The van der Waals surface area contributed by atoms with Crippen LogP contribution in [-0.2, 0) is 0 Å². The highest BCUT2D eigenvalue weighted by Crippen LogP contribution is 2.32. The summed E-state index contributed by atoms with van der Waals surface area (Å²) in [5.41, 5.74) is 1.69. The molecule has 1 aliphatic heterocycles. The Balaban J connectivity index is 1.72. The van der Waals surface area contributed by atoms with E-state index in [2.05, 4.69) is 24.1 Å². The number of ether oxygens (including phenoxy) is 2. The van der Waals surface area contributed by atoms with Crippen LogP contribution >= 0.6 is 11.6 Å². The lowest BCUT2D eigenvalue weighted by atomic mass is 10.0. The minimum atomic E-state index is -0.130. The standard InChI is InChI=1S/C20H23ClN2O3/c1-3-23(4-2)17(14-5-8-16(21)9-6-14)12-22-20(24)15-7-10-18-19(11-15)26-13-25-18/h5-11,17H,3-4,12-13H2,1-2H3,(H,22,24). The fourth-order valence-electron chi connectivity index (χ4n) is 3.14. The minimum Gasteiger partial charge on any atom is -0.454 e. The lowest BCUT2D eigenvalue weighted by molar-refractivity contribution is 0.0934. The van der Waals surface area contributed by atoms with E-state index in [0.717, 1.165) is 18.7 Å². The van der Waals surface area contributed by atoms with Gasteiger partial charge in [0.05, 0.1) is 6.04 Å². The van der Waals surface area contributed by atoms with Gasteiger partial charge in [-0.15, -0.1) is 0 Å². The number of rotatable bonds is 7. The monoisotopic (exact) mass is 374 g/mol. The summed E-state index contributed by atoms with van der Waals surface area (Å²) in [6.07, 6.45) is 0. The maximum atomic E-state index is 12.6. The van der Waals surface area contributed by atoms with E-state index in [1.807, 2.05) is 24.3 Å². The Labute approximate surface area is 158 Å². The van der Waals surface area contributed by atoms with Crippen LogP contribution < -0.4 is 14.8 Å². The summed E-state index contributed by atoms with van der Waals surface area (Å²) in [6, 6.07) is 13.1. The smallest absolute Gasteiger partial charge is 0.251 e. The molecule has 5 nitrogen and oxygen atoms in total. The van der Waals surface area contributed by atoms with Crippen LogP contribution in [0.1, 0.15) is 35.8 Å². The first-order valence-corrected chi connectivity index (χ1v) is 9.17. The first-order valence-electron chi connectivity index (χ1n) is 8.79. The van der Waals surface area contributed by atoms with Crippen LogP contribution in [0, 0.1) is 0 Å². The third-order valence-electron chi connectivity index (χ3n) is 4.60. The van der Waals surface area contributed by atoms with E-state index >= 15 is 0 Å². The highest BCUT2D eigenvalue weighted by atomic mass is 35.5. The Morgan fingerprint density at radius 2 is 1.81 bits per heavy atom. The molecule has 3 rings (SSSR count). The molecular formula is C20H23ClN2O3. The molecular weight excluding hydrogens is 352 g/mol. The van der Waals surface area contributed by atoms with Gasteiger partial charge in [0.15, 0.2) is 11.5 Å². The number of halogens is 1. The van der Waals surface area contributed by atoms with Crippen molar-refractivity contribution in [2.45, 2.75) is 19.9 Å². The molecule has 1 aliphatic rings. The van der Waals surface area contributed by atoms with Crippen molar-refractivity contribution in [1.29, 1.82) is 0 Å². The molecule has 1 unspecified atom stereocenters. The van der Waals surface area contributed by atoms with Crippen LogP contribution in [0.4, 0.5) is 0 Å². The Hall–Kier alpha value is -2.24. The summed E-state index contributed by atoms with van der Waals surface area (Å²) in [5, 5.41) is 3.75. The van der Waals surface area contributed by atoms with Crippen molar-refractivity contribution in [2.75, 3.05) is 26.4 Å². The predicted octanol–water partition coefficient (Wildman–Crippen LogP) is 3.88. The molecule has 2 aromatic carbocycles. The predicted molar refractivity (Wildman–Crippen MR) is 102 cm³/mol. The summed E-state index contributed by atoms with van der Waals surface area (Å²) < 4.78 is 10.6. The molecule has 2 aromatic rings. The number of hydrogen-bond donors (Lipinski definition) is 1. The third kappa shape index (κ3) is 4.11. The zero-order valence-corrected chi connectivity index (χ0v) is 15.8. The van der Waals surface area contributed by atoms with E-state index in [1.54, 1.807) is 18.2 Å². The molecule has 0 spiro atoms. The van der Waals surface area contributed by atoms with Crippen molar-refractivity contribution in [2.24, 2.45) is 0 Å². The highest BCUT2D eigenvalue weighted by molar-refractivity contribution is 6.30. The summed E-state index contributed by atoms with van der Waals surface area (Å²) in [4.78, 5) is 14.9. The van der Waals surface area contributed by atoms with Crippen LogP contribution in [0.2, 0.25) is 5.02 Å². The average Bonchev–Trinajstić information content (AvgIpc) is 3.13. The molecule has 0 saturated carbocycles. The van der Waals surface area contributed by atoms with Crippen LogP contribution in [0.5, 0.6) is 11.5 Å². The van der Waals surface area contributed by atoms with Crippen molar-refractivity contribution in [3.8, 4) is 11.5 Å². The fraction of sp³-hybridized carbons (Fsp3) is 0.350. The number of nitrogens with one attached hydrogen (secondary N) is 1. The summed E-state index contributed by atoms with van der Waals surface area (Å²) in [6.45, 7) is 6.73. The molecule has 0 saturated heterocycles. The maximum absolute atomic E-state index is 12.6. The molecule has 0 aliphatic carbocycles. The molecule has 0 bridgehead atoms. The second-order valence-electron chi connectivity index (χ2n) is 6.07. The molecule has 1 heterocycles. The van der Waals surface area contributed by atoms with Crippen molar-refractivity contribution in [1.82, 2.24) is 10.2 Å². The summed E-state index contributed by atoms with van der Waals surface area (Å²) in [7, 11) is 0. The quantitative estimate of drug-likeness (QED) is 0.799. The zero-order valence-electron chi connectivity index (χ0n) is 15.0. The average molecular weight is 375 g/mol. The number of nitrogens with zero attached hydrogens (tertiary/aromatic N) is 1. The lowest BCUT2D eigenvalue weighted by Crippen LogP contribution is -2.38. The molecule has 0 aromatic heterocycles. The van der Waals surface area contributed by atoms with Crippen LogP contribution in [0.25, 0.3) is 0 Å². The van der Waals surface area contributed by atoms with Gasteiger partial charge in [-0.05, 0) is 49.0 Å². The number of hydrogen-bond acceptors (Lipinski definition) is 4. The topological polar surface area (TPSA) is 50.8 Å². The van der Waals surface area contributed by atoms with Crippen molar-refractivity contribution in [3.63, 3.8) is 0 Å². The molecule has 1 amide bonds. The van der Waals surface area contributed by atoms with Crippen molar-refractivity contribution >= 4 is 17.5 Å². The zero-order chi connectivity index (χ0) is 18.5. The van der Waals surface area contributed by atoms with Gasteiger partial charge in [-0.25, -0.2) is 0 Å². The lowest BCUT2D eigenvalue weighted by Gasteiger charge is -2.30. The van der Waals surface area contributed by atoms with Gasteiger partial charge >= 0.3 is 0 Å². The Morgan fingerprint density at radius 3 is 2.50 bits per heavy atom. The number of amides is 1. The molecule has 26 heavy (non-hydrogen) atoms. The number of carbonyl (C=O) groups is 1. The second-order valence-corrected chi connectivity index (χ2v) is 6.50. The molecule has 0 radical (unpaired) electrons. The van der Waals surface area contributed by atoms with Crippen LogP contribution in [0.15, 0.2) is 42.5 Å². The Kier molecular flexibility index (Phi) is 6.01. The molecule has 1 atom stereocenters. The Morgan fingerprint density at radius 1 is 1.12 bits per heavy atom. The number of fused-ring (bicyclic) bond motifs is 1. The molecule has 1 N–H and O–H groups in total. The number of carbonyl (C=O) groups excluding carboxylic acids is 1. The summed E-state index contributed by atoms with van der Waals surface area (Å²) in [5.74, 6) is 1.15. The van der Waals surface area contributed by atoms with E-state index in [4.69, 9.17) is 21.1 Å². The van der Waals surface area contributed by atoms with Gasteiger partial charge in [0.2, 0.25) is 6.79 Å². The summed E-state index contributed by atoms with van der Waals surface area (Å²) >= 11 is 6.01. The van der Waals surface area contributed by atoms with Crippen molar-refractivity contribution < 1.29 is 14.3 Å². The van der Waals surface area contributed by atoms with E-state index in [-0.39, 0.29) is 18.7 Å². The maximum Gasteiger partial charge on any atom is 0.251 e. The van der Waals surface area contributed by atoms with Gasteiger partial charge in [0.1, 0.15) is 0 Å². The van der Waals surface area contributed by atoms with Gasteiger partial charge in [0.25, 0.3) is 5.91 Å². The normalized spacial score (nSPS) is 13.7. The van der Waals surface area contributed by atoms with Gasteiger partial charge in [-0.1, -0.05) is 37.6 Å². The molecule has 138 valence electrons. The minimum absolute atomic E-state index is 0.0835. The fourth-order valence-corrected chi connectivity index (χ4v) is 3.26. The van der Waals surface area contributed by atoms with Crippen LogP contribution in [-0.4, -0.2) is 37.2 Å². The van der Waals surface area contributed by atoms with E-state index < -0.39 is 0 Å². The SMILES string of the molecule is CCN(CC)C(CNC(=O)c1ccc2c(c1)OCO2)c1ccc(Cl)cc1. The van der Waals surface area contributed by atoms with Gasteiger partial charge in [-0.2, -0.15) is 0 Å². The first kappa shape index (κ1) is 18.5. The highest BCUT2D eigenvalue weighted by Gasteiger charge is 2.20. The van der Waals surface area contributed by atoms with E-state index in [1.165, 1.54) is 0 Å². The van der Waals surface area contributed by atoms with Crippen molar-refractivity contribution in [3.05, 3.63) is 58.6 Å². The number of likely N-dealkylation sites (N-methyl/N-ethyl adjacent to an activating group) is 1. The van der Waals surface area contributed by atoms with Gasteiger partial charge in [-0.3, -0.25) is 9.69 Å². The molecule has 0 fully saturated rings. The van der Waals surface area contributed by atoms with Gasteiger partial charge < -0.3 is 14.8 Å². The third-order valence-corrected chi connectivity index (χ3v) is 4.85. The van der Waals surface area contributed by atoms with Gasteiger partial charge in [0, 0.05) is 17.1 Å². The van der Waals surface area contributed by atoms with Crippen LogP contribution in [0.3, 0.4) is 0 Å². The van der Waals surface area contributed by atoms with E-state index in [9.17, 15) is 4.79 Å². The second kappa shape index (κ2) is 8.43. The number of benzene rings is 2. The first-order chi connectivity index (χ1) is 12.6. The molecule has 6 heteroatoms.